The van der Waals surface area contributed by atoms with Gasteiger partial charge in [-0.2, -0.15) is 5.10 Å². The summed E-state index contributed by atoms with van der Waals surface area (Å²) in [7, 11) is 0. The maximum Gasteiger partial charge on any atom is 0.306 e. The Morgan fingerprint density at radius 2 is 2.11 bits per heavy atom. The summed E-state index contributed by atoms with van der Waals surface area (Å²) in [6.07, 6.45) is 2.99. The van der Waals surface area contributed by atoms with Crippen molar-refractivity contribution in [3.8, 4) is 0 Å². The molecule has 1 heterocycles. The van der Waals surface area contributed by atoms with E-state index in [2.05, 4.69) is 28.0 Å². The predicted octanol–water partition coefficient (Wildman–Crippen LogP) is 3.27. The molecule has 0 spiro atoms. The molecule has 0 saturated carbocycles. The highest BCUT2D eigenvalue weighted by Crippen LogP contribution is 2.26. The first-order chi connectivity index (χ1) is 8.54. The van der Waals surface area contributed by atoms with E-state index in [0.717, 1.165) is 35.2 Å². The number of rotatable bonds is 7. The molecule has 0 amide bonds. The molecule has 0 aliphatic rings. The van der Waals surface area contributed by atoms with Crippen LogP contribution in [0.25, 0.3) is 0 Å². The van der Waals surface area contributed by atoms with Gasteiger partial charge in [-0.1, -0.05) is 20.3 Å². The number of aromatic nitrogens is 2. The molecule has 1 rings (SSSR count). The van der Waals surface area contributed by atoms with E-state index in [0.29, 0.717) is 12.8 Å². The minimum absolute atomic E-state index is 0.321. The first-order valence-corrected chi connectivity index (χ1v) is 7.31. The largest absolute Gasteiger partial charge is 0.481 e. The second-order valence-corrected chi connectivity index (χ2v) is 5.20. The number of aliphatic carboxylic acids is 1. The minimum Gasteiger partial charge on any atom is -0.481 e. The lowest BCUT2D eigenvalue weighted by Gasteiger charge is -2.12. The van der Waals surface area contributed by atoms with Gasteiger partial charge in [0.1, 0.15) is 0 Å². The van der Waals surface area contributed by atoms with Gasteiger partial charge >= 0.3 is 5.97 Å². The lowest BCUT2D eigenvalue weighted by atomic mass is 9.98. The van der Waals surface area contributed by atoms with Crippen LogP contribution in [0.3, 0.4) is 0 Å². The molecule has 0 radical (unpaired) electrons. The highest BCUT2D eigenvalue weighted by molar-refractivity contribution is 9.10. The Balaban J connectivity index is 3.00. The van der Waals surface area contributed by atoms with Crippen molar-refractivity contribution >= 4 is 21.9 Å². The molecule has 4 nitrogen and oxygen atoms in total. The molecule has 0 aliphatic heterocycles. The number of carbonyl (C=O) groups is 1. The molecular formula is C13H21BrN2O2. The third kappa shape index (κ3) is 3.34. The van der Waals surface area contributed by atoms with Crippen molar-refractivity contribution in [1.82, 2.24) is 9.78 Å². The average Bonchev–Trinajstić information content (AvgIpc) is 2.65. The zero-order chi connectivity index (χ0) is 13.7. The summed E-state index contributed by atoms with van der Waals surface area (Å²) in [5.74, 6) is -1.04. The number of aryl methyl sites for hydroxylation is 2. The van der Waals surface area contributed by atoms with Crippen molar-refractivity contribution in [1.29, 1.82) is 0 Å². The quantitative estimate of drug-likeness (QED) is 0.840. The Morgan fingerprint density at radius 3 is 2.56 bits per heavy atom. The molecular weight excluding hydrogens is 296 g/mol. The van der Waals surface area contributed by atoms with E-state index < -0.39 is 5.97 Å². The van der Waals surface area contributed by atoms with Crippen molar-refractivity contribution in [3.05, 3.63) is 15.9 Å². The maximum atomic E-state index is 11.2. The third-order valence-electron chi connectivity index (χ3n) is 3.12. The normalized spacial score (nSPS) is 12.7. The van der Waals surface area contributed by atoms with Gasteiger partial charge in [0.15, 0.2) is 0 Å². The topological polar surface area (TPSA) is 55.1 Å². The second kappa shape index (κ2) is 6.92. The number of halogens is 1. The van der Waals surface area contributed by atoms with E-state index in [1.54, 1.807) is 0 Å². The Labute approximate surface area is 117 Å². The molecule has 0 aliphatic carbocycles. The van der Waals surface area contributed by atoms with Gasteiger partial charge in [-0.15, -0.1) is 0 Å². The minimum atomic E-state index is -0.717. The summed E-state index contributed by atoms with van der Waals surface area (Å²) in [6, 6.07) is 0. The van der Waals surface area contributed by atoms with Gasteiger partial charge in [-0.05, 0) is 35.7 Å². The van der Waals surface area contributed by atoms with Crippen LogP contribution in [0.2, 0.25) is 0 Å². The van der Waals surface area contributed by atoms with Gasteiger partial charge in [0.05, 0.1) is 21.8 Å². The van der Waals surface area contributed by atoms with Crippen molar-refractivity contribution in [3.63, 3.8) is 0 Å². The van der Waals surface area contributed by atoms with E-state index >= 15 is 0 Å². The first-order valence-electron chi connectivity index (χ1n) is 6.51. The van der Waals surface area contributed by atoms with Gasteiger partial charge in [-0.25, -0.2) is 0 Å². The van der Waals surface area contributed by atoms with Gasteiger partial charge in [0.25, 0.3) is 0 Å². The Hall–Kier alpha value is -0.840. The van der Waals surface area contributed by atoms with Gasteiger partial charge in [0, 0.05) is 13.0 Å². The van der Waals surface area contributed by atoms with Crippen molar-refractivity contribution in [2.75, 3.05) is 0 Å². The molecule has 0 saturated heterocycles. The smallest absolute Gasteiger partial charge is 0.306 e. The number of hydrogen-bond acceptors (Lipinski definition) is 2. The fraction of sp³-hybridized carbons (Fsp3) is 0.692. The number of nitrogens with zero attached hydrogens (tertiary/aromatic N) is 2. The molecule has 0 fully saturated rings. The highest BCUT2D eigenvalue weighted by atomic mass is 79.9. The molecule has 1 atom stereocenters. The van der Waals surface area contributed by atoms with Crippen LogP contribution in [0.5, 0.6) is 0 Å². The summed E-state index contributed by atoms with van der Waals surface area (Å²) >= 11 is 3.56. The molecule has 1 aromatic rings. The van der Waals surface area contributed by atoms with E-state index in [1.807, 2.05) is 18.5 Å². The lowest BCUT2D eigenvalue weighted by molar-refractivity contribution is -0.142. The van der Waals surface area contributed by atoms with Crippen LogP contribution in [-0.2, 0) is 24.2 Å². The van der Waals surface area contributed by atoms with Gasteiger partial charge < -0.3 is 5.11 Å². The molecule has 5 heteroatoms. The molecule has 0 bridgehead atoms. The van der Waals surface area contributed by atoms with Crippen molar-refractivity contribution in [2.45, 2.75) is 53.0 Å². The summed E-state index contributed by atoms with van der Waals surface area (Å²) in [6.45, 7) is 6.86. The van der Waals surface area contributed by atoms with Gasteiger partial charge in [0.2, 0.25) is 0 Å². The standard InChI is InChI=1S/C13H21BrN2O2/c1-4-7-9(13(17)18)8-11-12(14)10(5-2)15-16(11)6-3/h9H,4-8H2,1-3H3,(H,17,18). The zero-order valence-electron chi connectivity index (χ0n) is 11.2. The van der Waals surface area contributed by atoms with Crippen LogP contribution in [0.15, 0.2) is 4.47 Å². The fourth-order valence-corrected chi connectivity index (χ4v) is 2.83. The van der Waals surface area contributed by atoms with Crippen molar-refractivity contribution < 1.29 is 9.90 Å². The van der Waals surface area contributed by atoms with Crippen LogP contribution >= 0.6 is 15.9 Å². The molecule has 0 aromatic carbocycles. The number of hydrogen-bond donors (Lipinski definition) is 1. The average molecular weight is 317 g/mol. The van der Waals surface area contributed by atoms with Gasteiger partial charge in [-0.3, -0.25) is 9.48 Å². The van der Waals surface area contributed by atoms with Crippen LogP contribution in [-0.4, -0.2) is 20.9 Å². The molecule has 102 valence electrons. The van der Waals surface area contributed by atoms with Crippen LogP contribution < -0.4 is 0 Å². The SMILES string of the molecule is CCCC(Cc1c(Br)c(CC)nn1CC)C(=O)O. The summed E-state index contributed by atoms with van der Waals surface area (Å²) in [4.78, 5) is 11.2. The summed E-state index contributed by atoms with van der Waals surface area (Å²) in [5, 5.41) is 13.7. The predicted molar refractivity (Wildman–Crippen MR) is 74.7 cm³/mol. The summed E-state index contributed by atoms with van der Waals surface area (Å²) in [5.41, 5.74) is 2.02. The van der Waals surface area contributed by atoms with Crippen LogP contribution in [0.1, 0.15) is 45.0 Å². The molecule has 18 heavy (non-hydrogen) atoms. The number of carboxylic acids is 1. The zero-order valence-corrected chi connectivity index (χ0v) is 12.8. The highest BCUT2D eigenvalue weighted by Gasteiger charge is 2.22. The number of carboxylic acid groups (broad SMARTS) is 1. The van der Waals surface area contributed by atoms with E-state index in [4.69, 9.17) is 0 Å². The molecule has 1 N–H and O–H groups in total. The monoisotopic (exact) mass is 316 g/mol. The fourth-order valence-electron chi connectivity index (χ4n) is 2.11. The van der Waals surface area contributed by atoms with Crippen LogP contribution in [0, 0.1) is 5.92 Å². The molecule has 1 unspecified atom stereocenters. The Morgan fingerprint density at radius 1 is 1.44 bits per heavy atom. The van der Waals surface area contributed by atoms with E-state index in [1.165, 1.54) is 0 Å². The first kappa shape index (κ1) is 15.2. The molecule has 1 aromatic heterocycles. The van der Waals surface area contributed by atoms with E-state index in [9.17, 15) is 9.90 Å². The summed E-state index contributed by atoms with van der Waals surface area (Å²) < 4.78 is 2.89. The third-order valence-corrected chi connectivity index (χ3v) is 4.04. The second-order valence-electron chi connectivity index (χ2n) is 4.40. The van der Waals surface area contributed by atoms with Crippen molar-refractivity contribution in [2.24, 2.45) is 5.92 Å². The Bertz CT molecular complexity index is 415. The maximum absolute atomic E-state index is 11.2. The lowest BCUT2D eigenvalue weighted by Crippen LogP contribution is -2.18. The van der Waals surface area contributed by atoms with Crippen LogP contribution in [0.4, 0.5) is 0 Å². The van der Waals surface area contributed by atoms with E-state index in [-0.39, 0.29) is 5.92 Å². The Kier molecular flexibility index (Phi) is 5.85.